The highest BCUT2D eigenvalue weighted by molar-refractivity contribution is 7.91. The average Bonchev–Trinajstić information content (AvgIpc) is 4.13. The van der Waals surface area contributed by atoms with E-state index in [2.05, 4.69) is 16.7 Å². The minimum atomic E-state index is -4.25. The lowest BCUT2D eigenvalue weighted by atomic mass is 9.85. The third kappa shape index (κ3) is 7.75. The van der Waals surface area contributed by atoms with Crippen LogP contribution in [-0.4, -0.2) is 94.6 Å². The Morgan fingerprint density at radius 2 is 1.80 bits per heavy atom. The lowest BCUT2D eigenvalue weighted by Gasteiger charge is -2.36. The van der Waals surface area contributed by atoms with Crippen LogP contribution >= 0.6 is 0 Å². The molecule has 2 bridgehead atoms. The molecule has 1 unspecified atom stereocenters. The summed E-state index contributed by atoms with van der Waals surface area (Å²) < 4.78 is 68.3. The Balaban J connectivity index is 1.15. The van der Waals surface area contributed by atoms with Gasteiger partial charge in [0.1, 0.15) is 35.5 Å². The molecule has 4 amide bonds. The van der Waals surface area contributed by atoms with Crippen LogP contribution in [0.15, 0.2) is 18.2 Å². The Kier molecular flexibility index (Phi) is 10.6. The highest BCUT2D eigenvalue weighted by Gasteiger charge is 2.68. The van der Waals surface area contributed by atoms with E-state index in [1.54, 1.807) is 45.9 Å². The number of aryl methyl sites for hydroxylation is 1. The summed E-state index contributed by atoms with van der Waals surface area (Å²) in [5.74, 6) is -4.11. The van der Waals surface area contributed by atoms with Crippen LogP contribution in [0.1, 0.15) is 104 Å². The number of alkyl halides is 2. The normalized spacial score (nSPS) is 33.7. The van der Waals surface area contributed by atoms with Crippen molar-refractivity contribution in [2.75, 3.05) is 6.54 Å². The number of carbonyl (C=O) groups excluding carboxylic acids is 4. The van der Waals surface area contributed by atoms with Crippen molar-refractivity contribution in [2.24, 2.45) is 35.0 Å². The van der Waals surface area contributed by atoms with E-state index in [1.165, 1.54) is 11.8 Å². The Bertz CT molecular complexity index is 2260. The molecule has 1 aromatic carbocycles. The Labute approximate surface area is 348 Å². The summed E-state index contributed by atoms with van der Waals surface area (Å²) in [6.07, 6.45) is 0.720. The van der Waals surface area contributed by atoms with E-state index < -0.39 is 92.4 Å². The number of fused-ring (bicyclic) bond motifs is 7. The Morgan fingerprint density at radius 1 is 1.05 bits per heavy atom. The first-order chi connectivity index (χ1) is 28.2. The van der Waals surface area contributed by atoms with Crippen molar-refractivity contribution in [2.45, 2.75) is 140 Å². The van der Waals surface area contributed by atoms with Gasteiger partial charge in [0.05, 0.1) is 39.9 Å². The quantitative estimate of drug-likeness (QED) is 0.368. The summed E-state index contributed by atoms with van der Waals surface area (Å²) in [6, 6.07) is 4.41. The zero-order valence-corrected chi connectivity index (χ0v) is 35.3. The molecule has 1 aromatic heterocycles. The van der Waals surface area contributed by atoms with Gasteiger partial charge in [0.15, 0.2) is 0 Å². The van der Waals surface area contributed by atoms with Crippen LogP contribution in [0.4, 0.5) is 13.6 Å². The third-order valence-corrected chi connectivity index (χ3v) is 16.1. The van der Waals surface area contributed by atoms with Gasteiger partial charge in [-0.25, -0.2) is 32.0 Å². The first-order valence-corrected chi connectivity index (χ1v) is 22.6. The van der Waals surface area contributed by atoms with Gasteiger partial charge in [0, 0.05) is 5.92 Å². The number of ether oxygens (including phenoxy) is 2. The van der Waals surface area contributed by atoms with Crippen molar-refractivity contribution in [3.8, 4) is 11.9 Å². The lowest BCUT2D eigenvalue weighted by Crippen LogP contribution is -2.61. The first kappa shape index (κ1) is 42.0. The number of carbonyl (C=O) groups is 4. The van der Waals surface area contributed by atoms with Crippen LogP contribution in [0, 0.1) is 46.3 Å². The predicted octanol–water partition coefficient (Wildman–Crippen LogP) is 4.52. The van der Waals surface area contributed by atoms with Crippen LogP contribution in [0.3, 0.4) is 0 Å². The zero-order chi connectivity index (χ0) is 43.1. The maximum Gasteiger partial charge on any atom is 0.408 e. The second-order valence-electron chi connectivity index (χ2n) is 19.3. The Morgan fingerprint density at radius 3 is 2.47 bits per heavy atom. The molecule has 1 saturated heterocycles. The first-order valence-electron chi connectivity index (χ1n) is 21.1. The zero-order valence-electron chi connectivity index (χ0n) is 34.5. The van der Waals surface area contributed by atoms with Crippen LogP contribution in [0.25, 0.3) is 11.0 Å². The maximum atomic E-state index is 14.9. The minimum absolute atomic E-state index is 0.157. The standard InChI is InChI=1S/C42H53F2N7O8S/c1-21-31-20-51(32(21)35(52)49-42(18-26(42)34(43)44)38(54)50-60(56,57)41(5)13-14-41)37(53)33(40(2,3)4)48-39(55)59-30-17-23-16-25(23)24(30)9-7-6-8-10-28-36(58-31)47-29-15-22(19-45)11-12-27(29)46-28/h11-12,15,21,23-26,30-34H,6-10,13-14,16-18,20H2,1-5H3,(H,48,55)(H,49,52)(H,50,54)/t21-,23+,24-,25+,26+,30-,31+,32+,33-,42?/m1/s1. The van der Waals surface area contributed by atoms with Gasteiger partial charge in [0.25, 0.3) is 5.91 Å². The van der Waals surface area contributed by atoms with Gasteiger partial charge in [-0.2, -0.15) is 5.26 Å². The van der Waals surface area contributed by atoms with E-state index in [9.17, 15) is 41.6 Å². The van der Waals surface area contributed by atoms with E-state index in [4.69, 9.17) is 19.4 Å². The van der Waals surface area contributed by atoms with Crippen molar-refractivity contribution in [1.29, 1.82) is 5.26 Å². The van der Waals surface area contributed by atoms with E-state index in [0.29, 0.717) is 40.5 Å². The number of nitrogens with one attached hydrogen (secondary N) is 3. The van der Waals surface area contributed by atoms with Crippen LogP contribution in [-0.2, 0) is 35.6 Å². The molecular formula is C42H53F2N7O8S. The van der Waals surface area contributed by atoms with Gasteiger partial charge in [-0.1, -0.05) is 40.5 Å². The van der Waals surface area contributed by atoms with Gasteiger partial charge in [-0.3, -0.25) is 19.1 Å². The molecule has 324 valence electrons. The lowest BCUT2D eigenvalue weighted by molar-refractivity contribution is -0.143. The molecule has 10 atom stereocenters. The third-order valence-electron chi connectivity index (χ3n) is 14.0. The van der Waals surface area contributed by atoms with Gasteiger partial charge in [-0.15, -0.1) is 0 Å². The van der Waals surface area contributed by atoms with E-state index in [-0.39, 0.29) is 37.3 Å². The SMILES string of the molecule is C[C@@H]1[C@@H]2CN(C(=O)[C@H](C(C)(C)C)NC(=O)O[C@@H]3C[C@@H]4C[C@@H]4[C@H]3CCCCCc3nc4ccc(C#N)cc4nc3O2)[C@@H]1C(=O)NC1(C(=O)NS(=O)(=O)C2(C)CC2)C[C@H]1C(F)F. The number of nitrogens with zero attached hydrogens (tertiary/aromatic N) is 4. The summed E-state index contributed by atoms with van der Waals surface area (Å²) in [4.78, 5) is 67.8. The fourth-order valence-corrected chi connectivity index (χ4v) is 11.0. The summed E-state index contributed by atoms with van der Waals surface area (Å²) in [5, 5.41) is 14.9. The van der Waals surface area contributed by atoms with E-state index in [1.807, 2.05) is 4.72 Å². The van der Waals surface area contributed by atoms with E-state index in [0.717, 1.165) is 38.5 Å². The molecule has 4 aliphatic carbocycles. The predicted molar refractivity (Wildman–Crippen MR) is 212 cm³/mol. The van der Waals surface area contributed by atoms with Gasteiger partial charge < -0.3 is 25.0 Å². The van der Waals surface area contributed by atoms with Crippen molar-refractivity contribution in [1.82, 2.24) is 30.2 Å². The molecule has 18 heteroatoms. The van der Waals surface area contributed by atoms with Crippen molar-refractivity contribution < 1.29 is 45.9 Å². The number of hydrogen-bond acceptors (Lipinski definition) is 11. The molecule has 15 nitrogen and oxygen atoms in total. The molecule has 0 spiro atoms. The molecule has 4 saturated carbocycles. The highest BCUT2D eigenvalue weighted by Crippen LogP contribution is 2.58. The van der Waals surface area contributed by atoms with Crippen LogP contribution in [0.2, 0.25) is 0 Å². The molecule has 3 heterocycles. The molecule has 8 rings (SSSR count). The molecule has 0 radical (unpaired) electrons. The van der Waals surface area contributed by atoms with Gasteiger partial charge in [0.2, 0.25) is 34.1 Å². The molecule has 2 aliphatic heterocycles. The molecule has 5 fully saturated rings. The topological polar surface area (TPSA) is 210 Å². The largest absolute Gasteiger partial charge is 0.471 e. The number of rotatable bonds is 6. The summed E-state index contributed by atoms with van der Waals surface area (Å²) in [7, 11) is -4.25. The summed E-state index contributed by atoms with van der Waals surface area (Å²) >= 11 is 0. The molecule has 2 aromatic rings. The van der Waals surface area contributed by atoms with Crippen molar-refractivity contribution >= 4 is 44.9 Å². The number of alkyl carbamates (subject to hydrolysis) is 1. The molecule has 6 aliphatic rings. The second kappa shape index (κ2) is 15.1. The van der Waals surface area contributed by atoms with Gasteiger partial charge in [-0.05, 0) is 99.7 Å². The monoisotopic (exact) mass is 853 g/mol. The van der Waals surface area contributed by atoms with Crippen molar-refractivity contribution in [3.63, 3.8) is 0 Å². The van der Waals surface area contributed by atoms with Crippen molar-refractivity contribution in [3.05, 3.63) is 29.5 Å². The fraction of sp³-hybridized carbons (Fsp3) is 0.690. The van der Waals surface area contributed by atoms with Crippen LogP contribution < -0.4 is 20.1 Å². The number of aromatic nitrogens is 2. The second-order valence-corrected chi connectivity index (χ2v) is 21.5. The Hall–Kier alpha value is -4.66. The highest BCUT2D eigenvalue weighted by atomic mass is 32.2. The summed E-state index contributed by atoms with van der Waals surface area (Å²) in [6.45, 7) is 8.14. The number of nitriles is 1. The number of hydrogen-bond donors (Lipinski definition) is 3. The van der Waals surface area contributed by atoms with Gasteiger partial charge >= 0.3 is 6.09 Å². The molecule has 3 N–H and O–H groups in total. The van der Waals surface area contributed by atoms with Crippen LogP contribution in [0.5, 0.6) is 5.88 Å². The number of benzene rings is 1. The molecule has 60 heavy (non-hydrogen) atoms. The summed E-state index contributed by atoms with van der Waals surface area (Å²) in [5.41, 5.74) is -1.31. The van der Waals surface area contributed by atoms with E-state index >= 15 is 0 Å². The minimum Gasteiger partial charge on any atom is -0.471 e. The number of amides is 4. The number of halogens is 2. The molecular weight excluding hydrogens is 801 g/mol. The smallest absolute Gasteiger partial charge is 0.408 e. The fourth-order valence-electron chi connectivity index (χ4n) is 9.69. The average molecular weight is 854 g/mol. The number of sulfonamides is 1. The maximum absolute atomic E-state index is 14.9.